The molecule has 2 rings (SSSR count). The van der Waals surface area contributed by atoms with Crippen molar-refractivity contribution in [1.29, 1.82) is 0 Å². The van der Waals surface area contributed by atoms with E-state index in [0.29, 0.717) is 30.5 Å². The molecule has 20 heavy (non-hydrogen) atoms. The summed E-state index contributed by atoms with van der Waals surface area (Å²) in [7, 11) is 1.34. The van der Waals surface area contributed by atoms with Gasteiger partial charge in [0, 0.05) is 12.6 Å². The highest BCUT2D eigenvalue weighted by atomic mass is 16.5. The Bertz CT molecular complexity index is 497. The van der Waals surface area contributed by atoms with Crippen LogP contribution in [0, 0.1) is 5.92 Å². The molecule has 1 aromatic heterocycles. The largest absolute Gasteiger partial charge is 0.467 e. The molecule has 1 amide bonds. The number of ether oxygens (including phenoxy) is 1. The third kappa shape index (κ3) is 3.01. The molecule has 2 N–H and O–H groups in total. The van der Waals surface area contributed by atoms with Gasteiger partial charge >= 0.3 is 5.97 Å². The van der Waals surface area contributed by atoms with Crippen LogP contribution in [-0.4, -0.2) is 36.5 Å². The van der Waals surface area contributed by atoms with Crippen molar-refractivity contribution in [2.75, 3.05) is 13.7 Å². The summed E-state index contributed by atoms with van der Waals surface area (Å²) in [6, 6.07) is 1.92. The number of furan rings is 1. The fourth-order valence-electron chi connectivity index (χ4n) is 2.57. The fourth-order valence-corrected chi connectivity index (χ4v) is 2.57. The van der Waals surface area contributed by atoms with Crippen molar-refractivity contribution in [3.63, 3.8) is 0 Å². The van der Waals surface area contributed by atoms with Gasteiger partial charge in [0.1, 0.15) is 11.3 Å². The number of esters is 1. The zero-order valence-electron chi connectivity index (χ0n) is 11.8. The number of nitrogens with two attached hydrogens (primary N) is 1. The van der Waals surface area contributed by atoms with E-state index in [1.807, 2.05) is 0 Å². The van der Waals surface area contributed by atoms with Crippen LogP contribution in [-0.2, 0) is 16.1 Å². The highest BCUT2D eigenvalue weighted by molar-refractivity contribution is 5.90. The van der Waals surface area contributed by atoms with Gasteiger partial charge in [-0.05, 0) is 25.8 Å². The summed E-state index contributed by atoms with van der Waals surface area (Å²) >= 11 is 0. The SMILES string of the molecule is COC(=O)c1ccoc1CN1C[C@H](C(N)=O)CC[C@@H]1C. The van der Waals surface area contributed by atoms with Crippen molar-refractivity contribution in [3.05, 3.63) is 23.7 Å². The second-order valence-corrected chi connectivity index (χ2v) is 5.20. The fraction of sp³-hybridized carbons (Fsp3) is 0.571. The molecule has 6 heteroatoms. The summed E-state index contributed by atoms with van der Waals surface area (Å²) in [6.07, 6.45) is 3.19. The Morgan fingerprint density at radius 1 is 1.50 bits per heavy atom. The molecule has 110 valence electrons. The van der Waals surface area contributed by atoms with E-state index in [1.54, 1.807) is 6.07 Å². The molecule has 0 unspecified atom stereocenters. The maximum atomic E-state index is 11.6. The molecule has 2 atom stereocenters. The molecule has 1 saturated heterocycles. The van der Waals surface area contributed by atoms with Gasteiger partial charge < -0.3 is 14.9 Å². The number of carbonyl (C=O) groups is 2. The van der Waals surface area contributed by atoms with Crippen molar-refractivity contribution in [2.45, 2.75) is 32.4 Å². The third-order valence-electron chi connectivity index (χ3n) is 3.91. The molecule has 6 nitrogen and oxygen atoms in total. The summed E-state index contributed by atoms with van der Waals surface area (Å²) in [5.41, 5.74) is 5.82. The average Bonchev–Trinajstić information content (AvgIpc) is 2.88. The number of likely N-dealkylation sites (tertiary alicyclic amines) is 1. The van der Waals surface area contributed by atoms with Crippen LogP contribution in [0.25, 0.3) is 0 Å². The van der Waals surface area contributed by atoms with Gasteiger partial charge in [0.25, 0.3) is 0 Å². The number of piperidine rings is 1. The predicted molar refractivity (Wildman–Crippen MR) is 71.8 cm³/mol. The van der Waals surface area contributed by atoms with Crippen molar-refractivity contribution < 1.29 is 18.7 Å². The van der Waals surface area contributed by atoms with E-state index in [9.17, 15) is 9.59 Å². The molecule has 1 aromatic rings. The summed E-state index contributed by atoms with van der Waals surface area (Å²) in [4.78, 5) is 25.1. The Kier molecular flexibility index (Phi) is 4.44. The molecule has 0 aromatic carbocycles. The lowest BCUT2D eigenvalue weighted by Gasteiger charge is -2.36. The first kappa shape index (κ1) is 14.6. The number of rotatable bonds is 4. The van der Waals surface area contributed by atoms with Crippen LogP contribution in [0.2, 0.25) is 0 Å². The van der Waals surface area contributed by atoms with Gasteiger partial charge in [-0.3, -0.25) is 9.69 Å². The lowest BCUT2D eigenvalue weighted by atomic mass is 9.93. The van der Waals surface area contributed by atoms with Crippen LogP contribution in [0.15, 0.2) is 16.7 Å². The van der Waals surface area contributed by atoms with E-state index < -0.39 is 5.97 Å². The summed E-state index contributed by atoms with van der Waals surface area (Å²) < 4.78 is 10.1. The third-order valence-corrected chi connectivity index (χ3v) is 3.91. The number of amides is 1. The van der Waals surface area contributed by atoms with Gasteiger partial charge in [0.05, 0.1) is 25.8 Å². The molecule has 0 saturated carbocycles. The maximum Gasteiger partial charge on any atom is 0.341 e. The topological polar surface area (TPSA) is 85.8 Å². The van der Waals surface area contributed by atoms with Crippen LogP contribution < -0.4 is 5.73 Å². The van der Waals surface area contributed by atoms with Gasteiger partial charge in [-0.2, -0.15) is 0 Å². The summed E-state index contributed by atoms with van der Waals surface area (Å²) in [5.74, 6) is -0.254. The number of methoxy groups -OCH3 is 1. The average molecular weight is 280 g/mol. The van der Waals surface area contributed by atoms with Gasteiger partial charge in [-0.15, -0.1) is 0 Å². The second kappa shape index (κ2) is 6.09. The number of primary amides is 1. The minimum Gasteiger partial charge on any atom is -0.467 e. The van der Waals surface area contributed by atoms with Crippen molar-refractivity contribution in [2.24, 2.45) is 11.7 Å². The molecule has 0 bridgehead atoms. The molecule has 1 aliphatic rings. The van der Waals surface area contributed by atoms with Crippen molar-refractivity contribution in [3.8, 4) is 0 Å². The minimum absolute atomic E-state index is 0.136. The van der Waals surface area contributed by atoms with E-state index in [0.717, 1.165) is 12.8 Å². The number of hydrogen-bond donors (Lipinski definition) is 1. The van der Waals surface area contributed by atoms with E-state index in [-0.39, 0.29) is 11.8 Å². The van der Waals surface area contributed by atoms with Crippen LogP contribution in [0.3, 0.4) is 0 Å². The predicted octanol–water partition coefficient (Wildman–Crippen LogP) is 1.15. The number of carbonyl (C=O) groups excluding carboxylic acids is 2. The minimum atomic E-state index is -0.412. The second-order valence-electron chi connectivity index (χ2n) is 5.20. The standard InChI is InChI=1S/C14H20N2O4/c1-9-3-4-10(13(15)17)7-16(9)8-12-11(5-6-20-12)14(18)19-2/h5-6,9-10H,3-4,7-8H2,1-2H3,(H2,15,17)/t9-,10+/m0/s1. The monoisotopic (exact) mass is 280 g/mol. The van der Waals surface area contributed by atoms with E-state index in [4.69, 9.17) is 14.9 Å². The van der Waals surface area contributed by atoms with Gasteiger partial charge in [0.2, 0.25) is 5.91 Å². The highest BCUT2D eigenvalue weighted by Gasteiger charge is 2.30. The zero-order chi connectivity index (χ0) is 14.7. The van der Waals surface area contributed by atoms with Crippen molar-refractivity contribution in [1.82, 2.24) is 4.90 Å². The normalized spacial score (nSPS) is 23.5. The first-order valence-corrected chi connectivity index (χ1v) is 6.71. The maximum absolute atomic E-state index is 11.6. The molecule has 2 heterocycles. The van der Waals surface area contributed by atoms with Crippen LogP contribution >= 0.6 is 0 Å². The number of nitrogens with zero attached hydrogens (tertiary/aromatic N) is 1. The van der Waals surface area contributed by atoms with Gasteiger partial charge in [-0.1, -0.05) is 0 Å². The lowest BCUT2D eigenvalue weighted by molar-refractivity contribution is -0.124. The van der Waals surface area contributed by atoms with E-state index in [2.05, 4.69) is 11.8 Å². The quantitative estimate of drug-likeness (QED) is 0.836. The Balaban J connectivity index is 2.10. The highest BCUT2D eigenvalue weighted by Crippen LogP contribution is 2.25. The Morgan fingerprint density at radius 2 is 2.25 bits per heavy atom. The summed E-state index contributed by atoms with van der Waals surface area (Å²) in [6.45, 7) is 3.16. The molecule has 1 fully saturated rings. The Labute approximate surface area is 117 Å². The van der Waals surface area contributed by atoms with E-state index >= 15 is 0 Å². The Morgan fingerprint density at radius 3 is 2.90 bits per heavy atom. The lowest BCUT2D eigenvalue weighted by Crippen LogP contribution is -2.45. The number of hydrogen-bond acceptors (Lipinski definition) is 5. The van der Waals surface area contributed by atoms with Crippen LogP contribution in [0.5, 0.6) is 0 Å². The summed E-state index contributed by atoms with van der Waals surface area (Å²) in [5, 5.41) is 0. The molecule has 1 aliphatic heterocycles. The molecular weight excluding hydrogens is 260 g/mol. The van der Waals surface area contributed by atoms with Crippen LogP contribution in [0.4, 0.5) is 0 Å². The van der Waals surface area contributed by atoms with Crippen molar-refractivity contribution >= 4 is 11.9 Å². The molecule has 0 radical (unpaired) electrons. The van der Waals surface area contributed by atoms with Crippen LogP contribution in [0.1, 0.15) is 35.9 Å². The Hall–Kier alpha value is -1.82. The van der Waals surface area contributed by atoms with E-state index in [1.165, 1.54) is 13.4 Å². The molecule has 0 aliphatic carbocycles. The van der Waals surface area contributed by atoms with Gasteiger partial charge in [-0.25, -0.2) is 4.79 Å². The zero-order valence-corrected chi connectivity index (χ0v) is 11.8. The first-order valence-electron chi connectivity index (χ1n) is 6.71. The first-order chi connectivity index (χ1) is 9.52. The van der Waals surface area contributed by atoms with Gasteiger partial charge in [0.15, 0.2) is 0 Å². The molecule has 0 spiro atoms. The smallest absolute Gasteiger partial charge is 0.341 e. The molecular formula is C14H20N2O4.